The Kier molecular flexibility index (Phi) is 7.24. The van der Waals surface area contributed by atoms with Crippen LogP contribution in [0.3, 0.4) is 0 Å². The minimum absolute atomic E-state index is 0.0768. The Morgan fingerprint density at radius 3 is 1.92 bits per heavy atom. The van der Waals surface area contributed by atoms with Crippen LogP contribution in [0.2, 0.25) is 0 Å². The van der Waals surface area contributed by atoms with Crippen LogP contribution in [-0.4, -0.2) is 22.9 Å². The van der Waals surface area contributed by atoms with Crippen molar-refractivity contribution >= 4 is 43.3 Å². The number of hydrogen-bond acceptors (Lipinski definition) is 1. The molecule has 0 radical (unpaired) electrons. The molecule has 0 heterocycles. The van der Waals surface area contributed by atoms with Crippen molar-refractivity contribution in [2.45, 2.75) is 46.7 Å². The van der Waals surface area contributed by atoms with Gasteiger partial charge in [-0.25, -0.2) is 0 Å². The number of benzene rings is 2. The molecule has 138 valence electrons. The molecular formula is C22H25Br2NO. The average molecular weight is 479 g/mol. The third-order valence-corrected chi connectivity index (χ3v) is 6.19. The number of hydrogen-bond donors (Lipinski definition) is 0. The molecule has 1 amide bonds. The van der Waals surface area contributed by atoms with Crippen LogP contribution >= 0.6 is 31.9 Å². The molecular weight excluding hydrogens is 454 g/mol. The quantitative estimate of drug-likeness (QED) is 0.439. The van der Waals surface area contributed by atoms with Crippen LogP contribution in [0.4, 0.5) is 0 Å². The number of carbonyl (C=O) groups is 1. The first kappa shape index (κ1) is 20.9. The van der Waals surface area contributed by atoms with Crippen LogP contribution in [0, 0.1) is 0 Å². The predicted octanol–water partition coefficient (Wildman–Crippen LogP) is 6.68. The molecule has 0 unspecified atom stereocenters. The number of carbonyl (C=O) groups excluding carboxylic acids is 1. The highest BCUT2D eigenvalue weighted by Gasteiger charge is 2.24. The van der Waals surface area contributed by atoms with Gasteiger partial charge in [0.15, 0.2) is 0 Å². The van der Waals surface area contributed by atoms with E-state index in [0.717, 1.165) is 31.2 Å². The van der Waals surface area contributed by atoms with Gasteiger partial charge in [0.2, 0.25) is 0 Å². The first-order valence-corrected chi connectivity index (χ1v) is 10.4. The number of amides is 1. The summed E-state index contributed by atoms with van der Waals surface area (Å²) in [4.78, 5) is 15.2. The zero-order chi connectivity index (χ0) is 19.4. The first-order valence-electron chi connectivity index (χ1n) is 8.78. The molecule has 2 rings (SSSR count). The van der Waals surface area contributed by atoms with Crippen molar-refractivity contribution in [2.75, 3.05) is 0 Å². The number of nitrogens with zero attached hydrogens (tertiary/aromatic N) is 1. The summed E-state index contributed by atoms with van der Waals surface area (Å²) in [5.74, 6) is 0.0768. The third-order valence-electron chi connectivity index (χ3n) is 4.31. The Morgan fingerprint density at radius 1 is 0.846 bits per heavy atom. The predicted molar refractivity (Wildman–Crippen MR) is 117 cm³/mol. The maximum absolute atomic E-state index is 13.3. The molecule has 2 nitrogen and oxygen atoms in total. The molecule has 0 N–H and O–H groups in total. The summed E-state index contributed by atoms with van der Waals surface area (Å²) in [6.07, 6.45) is 0. The maximum Gasteiger partial charge on any atom is 0.250 e. The minimum Gasteiger partial charge on any atom is -0.334 e. The third kappa shape index (κ3) is 4.66. The van der Waals surface area contributed by atoms with Gasteiger partial charge < -0.3 is 4.90 Å². The van der Waals surface area contributed by atoms with Gasteiger partial charge in [-0.05, 0) is 95.3 Å². The van der Waals surface area contributed by atoms with Crippen LogP contribution in [0.15, 0.2) is 63.0 Å². The Balaban J connectivity index is 2.68. The largest absolute Gasteiger partial charge is 0.334 e. The molecule has 26 heavy (non-hydrogen) atoms. The fraction of sp³-hybridized carbons (Fsp3) is 0.318. The van der Waals surface area contributed by atoms with Gasteiger partial charge in [-0.1, -0.05) is 36.4 Å². The lowest BCUT2D eigenvalue weighted by Gasteiger charge is -2.32. The van der Waals surface area contributed by atoms with Gasteiger partial charge in [-0.3, -0.25) is 4.79 Å². The molecule has 2 aromatic carbocycles. The van der Waals surface area contributed by atoms with Crippen LogP contribution in [-0.2, 0) is 4.79 Å². The highest BCUT2D eigenvalue weighted by atomic mass is 79.9. The summed E-state index contributed by atoms with van der Waals surface area (Å²) in [6, 6.07) is 16.5. The van der Waals surface area contributed by atoms with Crippen LogP contribution in [0.5, 0.6) is 0 Å². The van der Waals surface area contributed by atoms with E-state index in [0.29, 0.717) is 0 Å². The van der Waals surface area contributed by atoms with Gasteiger partial charge in [-0.2, -0.15) is 0 Å². The molecule has 0 aliphatic carbocycles. The summed E-state index contributed by atoms with van der Waals surface area (Å²) >= 11 is 7.11. The molecule has 0 fully saturated rings. The standard InChI is InChI=1S/C22H25Br2NO/c1-14(2)25(15(3)4)22(26)16(5)21(17-9-7-6-8-10-17)18-11-12-19(23)20(24)13-18/h6-15H,1-5H3/b21-16-. The van der Waals surface area contributed by atoms with Crippen molar-refractivity contribution in [2.24, 2.45) is 0 Å². The molecule has 0 aromatic heterocycles. The van der Waals surface area contributed by atoms with Crippen molar-refractivity contribution in [3.63, 3.8) is 0 Å². The minimum atomic E-state index is 0.0768. The molecule has 0 atom stereocenters. The fourth-order valence-corrected chi connectivity index (χ4v) is 3.85. The van der Waals surface area contributed by atoms with Crippen molar-refractivity contribution in [1.29, 1.82) is 0 Å². The lowest BCUT2D eigenvalue weighted by molar-refractivity contribution is -0.130. The molecule has 0 aliphatic rings. The van der Waals surface area contributed by atoms with Crippen LogP contribution in [0.1, 0.15) is 45.7 Å². The van der Waals surface area contributed by atoms with Crippen molar-refractivity contribution < 1.29 is 4.79 Å². The van der Waals surface area contributed by atoms with Gasteiger partial charge >= 0.3 is 0 Å². The van der Waals surface area contributed by atoms with Crippen LogP contribution < -0.4 is 0 Å². The van der Waals surface area contributed by atoms with E-state index in [9.17, 15) is 4.79 Å². The fourth-order valence-electron chi connectivity index (χ4n) is 3.22. The van der Waals surface area contributed by atoms with Crippen molar-refractivity contribution in [3.8, 4) is 0 Å². The monoisotopic (exact) mass is 477 g/mol. The van der Waals surface area contributed by atoms with Crippen molar-refractivity contribution in [3.05, 3.63) is 74.2 Å². The van der Waals surface area contributed by atoms with Gasteiger partial charge in [0.1, 0.15) is 0 Å². The highest BCUT2D eigenvalue weighted by molar-refractivity contribution is 9.13. The zero-order valence-electron chi connectivity index (χ0n) is 15.9. The second kappa shape index (κ2) is 9.01. The summed E-state index contributed by atoms with van der Waals surface area (Å²) in [5.41, 5.74) is 3.78. The van der Waals surface area contributed by atoms with Crippen LogP contribution in [0.25, 0.3) is 5.57 Å². The topological polar surface area (TPSA) is 20.3 Å². The van der Waals surface area contributed by atoms with E-state index in [1.54, 1.807) is 0 Å². The summed E-state index contributed by atoms with van der Waals surface area (Å²) in [7, 11) is 0. The number of halogens is 2. The van der Waals surface area contributed by atoms with E-state index in [4.69, 9.17) is 0 Å². The van der Waals surface area contributed by atoms with E-state index < -0.39 is 0 Å². The Morgan fingerprint density at radius 2 is 1.42 bits per heavy atom. The molecule has 0 bridgehead atoms. The van der Waals surface area contributed by atoms with E-state index in [2.05, 4.69) is 77.8 Å². The SMILES string of the molecule is C/C(C(=O)N(C(C)C)C(C)C)=C(\c1ccccc1)c1ccc(Br)c(Br)c1. The molecule has 4 heteroatoms. The van der Waals surface area contributed by atoms with Gasteiger partial charge in [0, 0.05) is 26.6 Å². The Bertz CT molecular complexity index is 802. The maximum atomic E-state index is 13.3. The Labute approximate surface area is 173 Å². The van der Waals surface area contributed by atoms with Gasteiger partial charge in [-0.15, -0.1) is 0 Å². The smallest absolute Gasteiger partial charge is 0.250 e. The lowest BCUT2D eigenvalue weighted by atomic mass is 9.92. The summed E-state index contributed by atoms with van der Waals surface area (Å²) in [5, 5.41) is 0. The zero-order valence-corrected chi connectivity index (χ0v) is 19.1. The van der Waals surface area contributed by atoms with E-state index in [-0.39, 0.29) is 18.0 Å². The molecule has 0 aliphatic heterocycles. The number of rotatable bonds is 5. The second-order valence-corrected chi connectivity index (χ2v) is 8.60. The highest BCUT2D eigenvalue weighted by Crippen LogP contribution is 2.33. The normalized spacial score (nSPS) is 12.3. The molecule has 2 aromatic rings. The summed E-state index contributed by atoms with van der Waals surface area (Å²) in [6.45, 7) is 10.2. The second-order valence-electron chi connectivity index (χ2n) is 6.89. The van der Waals surface area contributed by atoms with E-state index in [1.807, 2.05) is 42.2 Å². The van der Waals surface area contributed by atoms with Crippen molar-refractivity contribution in [1.82, 2.24) is 4.90 Å². The Hall–Kier alpha value is -1.39. The van der Waals surface area contributed by atoms with E-state index in [1.165, 1.54) is 0 Å². The van der Waals surface area contributed by atoms with E-state index >= 15 is 0 Å². The summed E-state index contributed by atoms with van der Waals surface area (Å²) < 4.78 is 1.96. The van der Waals surface area contributed by atoms with Gasteiger partial charge in [0.25, 0.3) is 5.91 Å². The van der Waals surface area contributed by atoms with Gasteiger partial charge in [0.05, 0.1) is 0 Å². The average Bonchev–Trinajstić information content (AvgIpc) is 2.58. The first-order chi connectivity index (χ1) is 12.2. The lowest BCUT2D eigenvalue weighted by Crippen LogP contribution is -2.42. The molecule has 0 saturated carbocycles. The molecule has 0 spiro atoms. The molecule has 0 saturated heterocycles.